The fourth-order valence-corrected chi connectivity index (χ4v) is 2.36. The molecule has 102 valence electrons. The van der Waals surface area contributed by atoms with Crippen molar-refractivity contribution in [1.82, 2.24) is 19.5 Å². The van der Waals surface area contributed by atoms with Gasteiger partial charge in [-0.25, -0.2) is 4.52 Å². The first-order chi connectivity index (χ1) is 9.27. The Balaban J connectivity index is 2.25. The van der Waals surface area contributed by atoms with Crippen LogP contribution in [0.1, 0.15) is 30.1 Å². The molecule has 0 N–H and O–H groups in total. The van der Waals surface area contributed by atoms with Gasteiger partial charge >= 0.3 is 0 Å². The minimum Gasteiger partial charge on any atom is -0.338 e. The molecule has 0 saturated carbocycles. The average Bonchev–Trinajstić information content (AvgIpc) is 2.86. The van der Waals surface area contributed by atoms with Crippen LogP contribution in [0.3, 0.4) is 0 Å². The summed E-state index contributed by atoms with van der Waals surface area (Å²) >= 11 is 3.40. The molecule has 1 amide bonds. The van der Waals surface area contributed by atoms with E-state index in [0.29, 0.717) is 12.1 Å². The number of amides is 1. The Kier molecular flexibility index (Phi) is 4.90. The molecule has 2 heterocycles. The predicted molar refractivity (Wildman–Crippen MR) is 77.6 cm³/mol. The van der Waals surface area contributed by atoms with Gasteiger partial charge in [0.25, 0.3) is 5.91 Å². The van der Waals surface area contributed by atoms with Crippen LogP contribution in [0.15, 0.2) is 24.8 Å². The van der Waals surface area contributed by atoms with Gasteiger partial charge in [-0.3, -0.25) is 9.78 Å². The molecule has 19 heavy (non-hydrogen) atoms. The van der Waals surface area contributed by atoms with Crippen molar-refractivity contribution in [2.45, 2.75) is 19.8 Å². The van der Waals surface area contributed by atoms with E-state index in [-0.39, 0.29) is 5.91 Å². The Morgan fingerprint density at radius 1 is 1.42 bits per heavy atom. The number of halogens is 1. The molecule has 0 atom stereocenters. The molecular weight excluding hydrogens is 308 g/mol. The number of hydrogen-bond donors (Lipinski definition) is 0. The van der Waals surface area contributed by atoms with E-state index in [2.05, 4.69) is 32.9 Å². The minimum absolute atomic E-state index is 0.0240. The van der Waals surface area contributed by atoms with Gasteiger partial charge in [-0.05, 0) is 6.42 Å². The van der Waals surface area contributed by atoms with E-state index >= 15 is 0 Å². The lowest BCUT2D eigenvalue weighted by Crippen LogP contribution is -2.33. The van der Waals surface area contributed by atoms with Crippen LogP contribution in [0.5, 0.6) is 0 Å². The van der Waals surface area contributed by atoms with Gasteiger partial charge in [0.1, 0.15) is 0 Å². The highest BCUT2D eigenvalue weighted by molar-refractivity contribution is 9.09. The molecule has 0 fully saturated rings. The molecule has 0 radical (unpaired) electrons. The quantitative estimate of drug-likeness (QED) is 0.766. The second-order valence-corrected chi connectivity index (χ2v) is 5.09. The Bertz CT molecular complexity index is 554. The fraction of sp³-hybridized carbons (Fsp3) is 0.462. The summed E-state index contributed by atoms with van der Waals surface area (Å²) in [4.78, 5) is 18.5. The highest BCUT2D eigenvalue weighted by atomic mass is 79.9. The number of hydrogen-bond acceptors (Lipinski definition) is 3. The van der Waals surface area contributed by atoms with Crippen LogP contribution < -0.4 is 0 Å². The Morgan fingerprint density at radius 3 is 3.00 bits per heavy atom. The molecule has 2 rings (SSSR count). The Hall–Kier alpha value is -1.43. The maximum absolute atomic E-state index is 12.5. The first-order valence-electron chi connectivity index (χ1n) is 6.40. The van der Waals surface area contributed by atoms with Crippen molar-refractivity contribution in [3.8, 4) is 0 Å². The zero-order chi connectivity index (χ0) is 13.7. The highest BCUT2D eigenvalue weighted by Gasteiger charge is 2.18. The second kappa shape index (κ2) is 6.65. The van der Waals surface area contributed by atoms with E-state index in [4.69, 9.17) is 0 Å². The summed E-state index contributed by atoms with van der Waals surface area (Å²) in [6.45, 7) is 3.60. The number of carbonyl (C=O) groups excluding carboxylic acids is 1. The third-order valence-electron chi connectivity index (χ3n) is 2.98. The lowest BCUT2D eigenvalue weighted by atomic mass is 10.2. The van der Waals surface area contributed by atoms with Gasteiger partial charge < -0.3 is 4.90 Å². The monoisotopic (exact) mass is 324 g/mol. The average molecular weight is 325 g/mol. The topological polar surface area (TPSA) is 50.5 Å². The van der Waals surface area contributed by atoms with Crippen molar-refractivity contribution in [3.63, 3.8) is 0 Å². The van der Waals surface area contributed by atoms with Crippen LogP contribution >= 0.6 is 15.9 Å². The van der Waals surface area contributed by atoms with Crippen molar-refractivity contribution < 1.29 is 4.79 Å². The van der Waals surface area contributed by atoms with Crippen molar-refractivity contribution in [3.05, 3.63) is 30.4 Å². The van der Waals surface area contributed by atoms with Crippen molar-refractivity contribution in [2.24, 2.45) is 0 Å². The van der Waals surface area contributed by atoms with Crippen LogP contribution in [-0.4, -0.2) is 43.8 Å². The van der Waals surface area contributed by atoms with E-state index in [1.54, 1.807) is 29.3 Å². The SMILES string of the molecule is CCCCN(CCBr)C(=O)c1cnn2ccncc12. The molecule has 2 aromatic heterocycles. The van der Waals surface area contributed by atoms with E-state index in [1.165, 1.54) is 0 Å². The minimum atomic E-state index is 0.0240. The maximum atomic E-state index is 12.5. The molecule has 0 aliphatic rings. The van der Waals surface area contributed by atoms with Gasteiger partial charge in [0.15, 0.2) is 0 Å². The van der Waals surface area contributed by atoms with Gasteiger partial charge in [0.05, 0.1) is 23.5 Å². The van der Waals surface area contributed by atoms with Crippen LogP contribution in [0.25, 0.3) is 5.52 Å². The maximum Gasteiger partial charge on any atom is 0.257 e. The molecule has 0 saturated heterocycles. The standard InChI is InChI=1S/C13H17BrN4O/c1-2-3-6-17(7-4-14)13(19)11-9-16-18-8-5-15-10-12(11)18/h5,8-10H,2-4,6-7H2,1H3. The number of rotatable bonds is 6. The molecule has 2 aromatic rings. The summed E-state index contributed by atoms with van der Waals surface area (Å²) in [7, 11) is 0. The summed E-state index contributed by atoms with van der Waals surface area (Å²) in [5.74, 6) is 0.0240. The van der Waals surface area contributed by atoms with E-state index in [1.807, 2.05) is 4.90 Å². The zero-order valence-corrected chi connectivity index (χ0v) is 12.5. The zero-order valence-electron chi connectivity index (χ0n) is 10.9. The lowest BCUT2D eigenvalue weighted by Gasteiger charge is -2.20. The van der Waals surface area contributed by atoms with Gasteiger partial charge in [0, 0.05) is 30.8 Å². The number of fused-ring (bicyclic) bond motifs is 1. The first-order valence-corrected chi connectivity index (χ1v) is 7.52. The number of aromatic nitrogens is 3. The van der Waals surface area contributed by atoms with Gasteiger partial charge in [-0.2, -0.15) is 5.10 Å². The highest BCUT2D eigenvalue weighted by Crippen LogP contribution is 2.12. The number of carbonyl (C=O) groups is 1. The van der Waals surface area contributed by atoms with Crippen LogP contribution in [0, 0.1) is 0 Å². The summed E-state index contributed by atoms with van der Waals surface area (Å²) in [5.41, 5.74) is 1.37. The molecule has 0 bridgehead atoms. The van der Waals surface area contributed by atoms with Crippen molar-refractivity contribution in [1.29, 1.82) is 0 Å². The molecule has 0 aliphatic heterocycles. The third-order valence-corrected chi connectivity index (χ3v) is 3.33. The van der Waals surface area contributed by atoms with Crippen LogP contribution in [0.4, 0.5) is 0 Å². The number of unbranched alkanes of at least 4 members (excludes halogenated alkanes) is 1. The van der Waals surface area contributed by atoms with Crippen molar-refractivity contribution >= 4 is 27.4 Å². The second-order valence-electron chi connectivity index (χ2n) is 4.30. The molecule has 0 aliphatic carbocycles. The molecule has 5 nitrogen and oxygen atoms in total. The molecule has 0 spiro atoms. The Labute approximate surface area is 120 Å². The summed E-state index contributed by atoms with van der Waals surface area (Å²) in [6, 6.07) is 0. The van der Waals surface area contributed by atoms with Crippen LogP contribution in [0.2, 0.25) is 0 Å². The van der Waals surface area contributed by atoms with Gasteiger partial charge in [-0.1, -0.05) is 29.3 Å². The Morgan fingerprint density at radius 2 is 2.26 bits per heavy atom. The van der Waals surface area contributed by atoms with Gasteiger partial charge in [0.2, 0.25) is 0 Å². The lowest BCUT2D eigenvalue weighted by molar-refractivity contribution is 0.0766. The fourth-order valence-electron chi connectivity index (χ4n) is 1.94. The summed E-state index contributed by atoms with van der Waals surface area (Å²) < 4.78 is 1.67. The summed E-state index contributed by atoms with van der Waals surface area (Å²) in [6.07, 6.45) is 8.77. The summed E-state index contributed by atoms with van der Waals surface area (Å²) in [5, 5.41) is 4.96. The van der Waals surface area contributed by atoms with E-state index in [0.717, 1.165) is 30.2 Å². The molecule has 0 unspecified atom stereocenters. The normalized spacial score (nSPS) is 10.8. The smallest absolute Gasteiger partial charge is 0.257 e. The van der Waals surface area contributed by atoms with E-state index < -0.39 is 0 Å². The molecule has 0 aromatic carbocycles. The number of nitrogens with zero attached hydrogens (tertiary/aromatic N) is 4. The largest absolute Gasteiger partial charge is 0.338 e. The number of alkyl halides is 1. The third kappa shape index (κ3) is 3.12. The van der Waals surface area contributed by atoms with Crippen molar-refractivity contribution in [2.75, 3.05) is 18.4 Å². The molecule has 6 heteroatoms. The van der Waals surface area contributed by atoms with E-state index in [9.17, 15) is 4.79 Å². The molecular formula is C13H17BrN4O. The predicted octanol–water partition coefficient (Wildman–Crippen LogP) is 2.37. The van der Waals surface area contributed by atoms with Crippen LogP contribution in [-0.2, 0) is 0 Å². The first kappa shape index (κ1) is 14.0. The van der Waals surface area contributed by atoms with Gasteiger partial charge in [-0.15, -0.1) is 0 Å².